The monoisotopic (exact) mass is 169 g/mol. The van der Waals surface area contributed by atoms with Crippen molar-refractivity contribution in [3.8, 4) is 6.07 Å². The summed E-state index contributed by atoms with van der Waals surface area (Å²) >= 11 is 0. The van der Waals surface area contributed by atoms with Gasteiger partial charge in [-0.3, -0.25) is 4.79 Å². The Hall–Kier alpha value is -1.04. The molecule has 0 amide bonds. The summed E-state index contributed by atoms with van der Waals surface area (Å²) in [7, 11) is 0. The van der Waals surface area contributed by atoms with Crippen molar-refractivity contribution in [2.75, 3.05) is 6.61 Å². The van der Waals surface area contributed by atoms with Crippen LogP contribution in [0, 0.1) is 17.2 Å². The van der Waals surface area contributed by atoms with Crippen LogP contribution in [0.4, 0.5) is 0 Å². The Labute approximate surface area is 73.3 Å². The lowest BCUT2D eigenvalue weighted by molar-refractivity contribution is -0.142. The topological polar surface area (TPSA) is 50.1 Å². The van der Waals surface area contributed by atoms with Crippen LogP contribution < -0.4 is 0 Å². The minimum absolute atomic E-state index is 0.137. The van der Waals surface area contributed by atoms with Crippen molar-refractivity contribution in [3.05, 3.63) is 0 Å². The average Bonchev–Trinajstić information content (AvgIpc) is 1.98. The zero-order valence-corrected chi connectivity index (χ0v) is 7.67. The summed E-state index contributed by atoms with van der Waals surface area (Å²) in [6.07, 6.45) is 1.80. The van der Waals surface area contributed by atoms with E-state index in [-0.39, 0.29) is 6.42 Å². The first-order valence-electron chi connectivity index (χ1n) is 4.19. The van der Waals surface area contributed by atoms with Crippen LogP contribution in [0.25, 0.3) is 0 Å². The highest BCUT2D eigenvalue weighted by Crippen LogP contribution is 2.03. The number of hydrogen-bond acceptors (Lipinski definition) is 3. The molecule has 0 aromatic rings. The van der Waals surface area contributed by atoms with Gasteiger partial charge in [0.15, 0.2) is 0 Å². The zero-order chi connectivity index (χ0) is 9.40. The zero-order valence-electron chi connectivity index (χ0n) is 7.67. The molecule has 0 radical (unpaired) electrons. The van der Waals surface area contributed by atoms with E-state index in [9.17, 15) is 4.79 Å². The fraction of sp³-hybridized carbons (Fsp3) is 0.778. The van der Waals surface area contributed by atoms with E-state index in [0.29, 0.717) is 12.5 Å². The average molecular weight is 169 g/mol. The van der Waals surface area contributed by atoms with Crippen LogP contribution in [0.5, 0.6) is 0 Å². The predicted octanol–water partition coefficient (Wildman–Crippen LogP) is 1.88. The Morgan fingerprint density at radius 2 is 2.25 bits per heavy atom. The second kappa shape index (κ2) is 6.66. The molecule has 0 spiro atoms. The van der Waals surface area contributed by atoms with E-state index in [2.05, 4.69) is 13.8 Å². The highest BCUT2D eigenvalue weighted by molar-refractivity contribution is 5.71. The summed E-state index contributed by atoms with van der Waals surface area (Å²) in [5.74, 6) is 0.223. The summed E-state index contributed by atoms with van der Waals surface area (Å²) in [6, 6.07) is 1.74. The number of nitriles is 1. The molecule has 0 aliphatic rings. The molecule has 0 saturated carbocycles. The molecule has 0 rings (SSSR count). The van der Waals surface area contributed by atoms with Crippen LogP contribution >= 0.6 is 0 Å². The minimum atomic E-state index is -0.416. The summed E-state index contributed by atoms with van der Waals surface area (Å²) in [4.78, 5) is 10.6. The third-order valence-electron chi connectivity index (χ3n) is 1.41. The fourth-order valence-electron chi connectivity index (χ4n) is 0.793. The number of hydrogen-bond donors (Lipinski definition) is 0. The molecule has 0 fully saturated rings. The molecular formula is C9H15NO2. The fourth-order valence-corrected chi connectivity index (χ4v) is 0.793. The van der Waals surface area contributed by atoms with Crippen LogP contribution in [-0.4, -0.2) is 12.6 Å². The molecule has 3 heteroatoms. The first-order chi connectivity index (χ1) is 5.66. The third-order valence-corrected chi connectivity index (χ3v) is 1.41. The number of carbonyl (C=O) groups is 1. The van der Waals surface area contributed by atoms with Crippen LogP contribution in [0.2, 0.25) is 0 Å². The van der Waals surface area contributed by atoms with Crippen LogP contribution in [0.1, 0.15) is 33.1 Å². The molecule has 0 N–H and O–H groups in total. The predicted molar refractivity (Wildman–Crippen MR) is 45.3 cm³/mol. The Kier molecular flexibility index (Phi) is 6.08. The smallest absolute Gasteiger partial charge is 0.320 e. The molecule has 0 aromatic heterocycles. The quantitative estimate of drug-likeness (QED) is 0.466. The molecule has 0 aromatic carbocycles. The van der Waals surface area contributed by atoms with E-state index in [1.807, 2.05) is 0 Å². The normalized spacial score (nSPS) is 9.50. The van der Waals surface area contributed by atoms with Crippen molar-refractivity contribution in [2.45, 2.75) is 33.1 Å². The molecule has 0 bridgehead atoms. The van der Waals surface area contributed by atoms with Crippen molar-refractivity contribution in [1.82, 2.24) is 0 Å². The second-order valence-corrected chi connectivity index (χ2v) is 3.09. The van der Waals surface area contributed by atoms with Gasteiger partial charge in [0.05, 0.1) is 12.7 Å². The molecule has 0 saturated heterocycles. The van der Waals surface area contributed by atoms with Gasteiger partial charge in [-0.2, -0.15) is 5.26 Å². The van der Waals surface area contributed by atoms with Gasteiger partial charge >= 0.3 is 5.97 Å². The van der Waals surface area contributed by atoms with Gasteiger partial charge < -0.3 is 4.74 Å². The molecular weight excluding hydrogens is 154 g/mol. The number of ether oxygens (including phenoxy) is 1. The summed E-state index contributed by atoms with van der Waals surface area (Å²) in [6.45, 7) is 4.69. The van der Waals surface area contributed by atoms with E-state index >= 15 is 0 Å². The van der Waals surface area contributed by atoms with Crippen molar-refractivity contribution in [1.29, 1.82) is 5.26 Å². The van der Waals surface area contributed by atoms with E-state index in [1.54, 1.807) is 6.07 Å². The van der Waals surface area contributed by atoms with Crippen molar-refractivity contribution >= 4 is 5.97 Å². The molecule has 0 atom stereocenters. The van der Waals surface area contributed by atoms with E-state index in [4.69, 9.17) is 10.00 Å². The highest BCUT2D eigenvalue weighted by Gasteiger charge is 2.00. The minimum Gasteiger partial charge on any atom is -0.465 e. The molecule has 0 unspecified atom stereocenters. The number of esters is 1. The van der Waals surface area contributed by atoms with Gasteiger partial charge in [0, 0.05) is 0 Å². The van der Waals surface area contributed by atoms with Gasteiger partial charge in [0.25, 0.3) is 0 Å². The lowest BCUT2D eigenvalue weighted by Gasteiger charge is -2.04. The Morgan fingerprint density at radius 3 is 2.75 bits per heavy atom. The molecule has 3 nitrogen and oxygen atoms in total. The molecule has 0 aliphatic carbocycles. The maximum Gasteiger partial charge on any atom is 0.320 e. The molecule has 68 valence electrons. The lowest BCUT2D eigenvalue weighted by Crippen LogP contribution is -2.05. The van der Waals surface area contributed by atoms with E-state index in [1.165, 1.54) is 0 Å². The molecule has 12 heavy (non-hydrogen) atoms. The first kappa shape index (κ1) is 11.0. The third kappa shape index (κ3) is 7.07. The lowest BCUT2D eigenvalue weighted by atomic mass is 10.1. The Bertz CT molecular complexity index is 170. The van der Waals surface area contributed by atoms with Gasteiger partial charge in [0.1, 0.15) is 6.42 Å². The maximum atomic E-state index is 10.6. The van der Waals surface area contributed by atoms with Crippen molar-refractivity contribution < 1.29 is 9.53 Å². The largest absolute Gasteiger partial charge is 0.465 e. The summed E-state index contributed by atoms with van der Waals surface area (Å²) in [5.41, 5.74) is 0. The highest BCUT2D eigenvalue weighted by atomic mass is 16.5. The van der Waals surface area contributed by atoms with E-state index < -0.39 is 5.97 Å². The van der Waals surface area contributed by atoms with E-state index in [0.717, 1.165) is 12.8 Å². The first-order valence-corrected chi connectivity index (χ1v) is 4.19. The van der Waals surface area contributed by atoms with Crippen LogP contribution in [0.3, 0.4) is 0 Å². The number of carbonyl (C=O) groups excluding carboxylic acids is 1. The maximum absolute atomic E-state index is 10.6. The number of rotatable bonds is 5. The van der Waals surface area contributed by atoms with Crippen molar-refractivity contribution in [2.24, 2.45) is 5.92 Å². The Morgan fingerprint density at radius 1 is 1.58 bits per heavy atom. The van der Waals surface area contributed by atoms with Crippen molar-refractivity contribution in [3.63, 3.8) is 0 Å². The Balaban J connectivity index is 3.21. The second-order valence-electron chi connectivity index (χ2n) is 3.09. The van der Waals surface area contributed by atoms with Gasteiger partial charge in [-0.1, -0.05) is 13.8 Å². The summed E-state index contributed by atoms with van der Waals surface area (Å²) in [5, 5.41) is 8.13. The van der Waals surface area contributed by atoms with Crippen LogP contribution in [0.15, 0.2) is 0 Å². The standard InChI is InChI=1S/C9H15NO2/c1-8(2)4-3-7-12-9(11)5-6-10/h8H,3-5,7H2,1-2H3. The van der Waals surface area contributed by atoms with Gasteiger partial charge in [-0.05, 0) is 18.8 Å². The molecule has 0 aliphatic heterocycles. The SMILES string of the molecule is CC(C)CCCOC(=O)CC#N. The number of nitrogens with zero attached hydrogens (tertiary/aromatic N) is 1. The van der Waals surface area contributed by atoms with Gasteiger partial charge in [0.2, 0.25) is 0 Å². The van der Waals surface area contributed by atoms with Crippen LogP contribution in [-0.2, 0) is 9.53 Å². The van der Waals surface area contributed by atoms with Gasteiger partial charge in [-0.15, -0.1) is 0 Å². The molecule has 0 heterocycles. The summed E-state index contributed by atoms with van der Waals surface area (Å²) < 4.78 is 4.77. The van der Waals surface area contributed by atoms with Gasteiger partial charge in [-0.25, -0.2) is 0 Å².